The molecule has 0 atom stereocenters. The minimum Gasteiger partial charge on any atom is -0.0651 e. The summed E-state index contributed by atoms with van der Waals surface area (Å²) in [5.74, 6) is 1.12. The van der Waals surface area contributed by atoms with Gasteiger partial charge >= 0.3 is 0 Å². The Hall–Kier alpha value is 0.217. The summed E-state index contributed by atoms with van der Waals surface area (Å²) in [5, 5.41) is 0. The van der Waals surface area contributed by atoms with Crippen LogP contribution in [-0.2, 0) is 0 Å². The molecule has 0 nitrogen and oxygen atoms in total. The molecular weight excluding hydrogens is 184 g/mol. The lowest BCUT2D eigenvalue weighted by molar-refractivity contribution is 0.764. The fraction of sp³-hybridized carbons (Fsp3) is 1.00. The predicted molar refractivity (Wildman–Crippen MR) is 68.6 cm³/mol. The molecule has 0 bridgehead atoms. The van der Waals surface area contributed by atoms with Gasteiger partial charge in [0.05, 0.1) is 8.07 Å². The molecule has 1 fully saturated rings. The van der Waals surface area contributed by atoms with Gasteiger partial charge in [0, 0.05) is 0 Å². The van der Waals surface area contributed by atoms with Crippen LogP contribution in [0.25, 0.3) is 0 Å². The van der Waals surface area contributed by atoms with E-state index in [9.17, 15) is 0 Å². The average Bonchev–Trinajstić information content (AvgIpc) is 2.80. The van der Waals surface area contributed by atoms with E-state index in [1.54, 1.807) is 6.04 Å². The van der Waals surface area contributed by atoms with Crippen molar-refractivity contribution in [2.45, 2.75) is 77.1 Å². The zero-order valence-corrected chi connectivity index (χ0v) is 11.9. The Labute approximate surface area is 91.5 Å². The minimum absolute atomic E-state index is 0.961. The Morgan fingerprint density at radius 3 is 1.43 bits per heavy atom. The lowest BCUT2D eigenvalue weighted by atomic mass is 10.5. The summed E-state index contributed by atoms with van der Waals surface area (Å²) in [6.07, 6.45) is 3.06. The van der Waals surface area contributed by atoms with E-state index < -0.39 is 8.07 Å². The molecule has 0 amide bonds. The molecule has 1 aliphatic carbocycles. The van der Waals surface area contributed by atoms with Crippen molar-refractivity contribution in [3.05, 3.63) is 0 Å². The fourth-order valence-electron chi connectivity index (χ4n) is 3.53. The molecule has 0 unspecified atom stereocenters. The second-order valence-corrected chi connectivity index (χ2v) is 12.3. The maximum atomic E-state index is 2.48. The van der Waals surface area contributed by atoms with Crippen molar-refractivity contribution in [1.82, 2.24) is 0 Å². The third-order valence-corrected chi connectivity index (χ3v) is 12.3. The van der Waals surface area contributed by atoms with Gasteiger partial charge in [0.15, 0.2) is 0 Å². The Bertz CT molecular complexity index is 156. The summed E-state index contributed by atoms with van der Waals surface area (Å²) < 4.78 is 0. The smallest absolute Gasteiger partial charge is 0.0615 e. The second-order valence-electron chi connectivity index (χ2n) is 6.22. The first-order valence-electron chi connectivity index (χ1n) is 6.41. The van der Waals surface area contributed by atoms with Gasteiger partial charge in [0.2, 0.25) is 0 Å². The summed E-state index contributed by atoms with van der Waals surface area (Å²) in [4.78, 5) is 0. The largest absolute Gasteiger partial charge is 0.0651 e. The number of hydrogen-bond donors (Lipinski definition) is 0. The SMILES string of the molecule is CC(C)[Si](CC1CC1)(C(C)C)C(C)C. The Balaban J connectivity index is 2.81. The van der Waals surface area contributed by atoms with Crippen LogP contribution in [0.5, 0.6) is 0 Å². The third kappa shape index (κ3) is 2.24. The molecule has 0 aromatic heterocycles. The Kier molecular flexibility index (Phi) is 3.85. The van der Waals surface area contributed by atoms with Gasteiger partial charge in [-0.25, -0.2) is 0 Å². The van der Waals surface area contributed by atoms with E-state index in [0.29, 0.717) is 0 Å². The zero-order valence-electron chi connectivity index (χ0n) is 10.9. The molecule has 0 saturated heterocycles. The van der Waals surface area contributed by atoms with Crippen LogP contribution in [0.4, 0.5) is 0 Å². The van der Waals surface area contributed by atoms with Gasteiger partial charge in [-0.15, -0.1) is 0 Å². The van der Waals surface area contributed by atoms with Crippen LogP contribution in [0, 0.1) is 5.92 Å². The third-order valence-electron chi connectivity index (χ3n) is 4.56. The maximum Gasteiger partial charge on any atom is 0.0615 e. The topological polar surface area (TPSA) is 0 Å². The van der Waals surface area contributed by atoms with Crippen molar-refractivity contribution in [3.63, 3.8) is 0 Å². The van der Waals surface area contributed by atoms with Gasteiger partial charge in [0.1, 0.15) is 0 Å². The first-order chi connectivity index (χ1) is 6.41. The molecule has 0 aromatic carbocycles. The molecule has 1 saturated carbocycles. The first-order valence-corrected chi connectivity index (χ1v) is 8.85. The molecule has 0 radical (unpaired) electrons. The zero-order chi connectivity index (χ0) is 10.9. The summed E-state index contributed by atoms with van der Waals surface area (Å²) in [6, 6.07) is 1.61. The van der Waals surface area contributed by atoms with Crippen molar-refractivity contribution in [1.29, 1.82) is 0 Å². The molecule has 1 heteroatoms. The molecule has 0 N–H and O–H groups in total. The molecule has 0 aliphatic heterocycles. The second kappa shape index (κ2) is 4.38. The van der Waals surface area contributed by atoms with Crippen molar-refractivity contribution in [2.24, 2.45) is 5.92 Å². The highest BCUT2D eigenvalue weighted by atomic mass is 28.3. The molecule has 14 heavy (non-hydrogen) atoms. The number of rotatable bonds is 5. The first kappa shape index (κ1) is 12.3. The summed E-state index contributed by atoms with van der Waals surface area (Å²) >= 11 is 0. The van der Waals surface area contributed by atoms with Gasteiger partial charge in [-0.3, -0.25) is 0 Å². The maximum absolute atomic E-state index is 2.48. The van der Waals surface area contributed by atoms with E-state index in [1.165, 1.54) is 12.8 Å². The van der Waals surface area contributed by atoms with Crippen LogP contribution >= 0.6 is 0 Å². The van der Waals surface area contributed by atoms with Gasteiger partial charge in [-0.05, 0) is 5.92 Å². The van der Waals surface area contributed by atoms with Crippen molar-refractivity contribution >= 4 is 8.07 Å². The van der Waals surface area contributed by atoms with Crippen LogP contribution in [0.2, 0.25) is 22.7 Å². The van der Waals surface area contributed by atoms with E-state index >= 15 is 0 Å². The highest BCUT2D eigenvalue weighted by Gasteiger charge is 2.45. The summed E-state index contributed by atoms with van der Waals surface area (Å²) in [5.41, 5.74) is 2.88. The average molecular weight is 212 g/mol. The van der Waals surface area contributed by atoms with E-state index in [4.69, 9.17) is 0 Å². The highest BCUT2D eigenvalue weighted by molar-refractivity contribution is 6.83. The molecular formula is C13H28Si. The summed E-state index contributed by atoms with van der Waals surface area (Å²) in [7, 11) is -1.03. The van der Waals surface area contributed by atoms with Crippen LogP contribution in [0.3, 0.4) is 0 Å². The van der Waals surface area contributed by atoms with Gasteiger partial charge in [-0.2, -0.15) is 0 Å². The van der Waals surface area contributed by atoms with Crippen LogP contribution in [0.1, 0.15) is 54.4 Å². The van der Waals surface area contributed by atoms with Gasteiger partial charge in [0.25, 0.3) is 0 Å². The van der Waals surface area contributed by atoms with Crippen molar-refractivity contribution < 1.29 is 0 Å². The monoisotopic (exact) mass is 212 g/mol. The molecule has 0 aromatic rings. The van der Waals surface area contributed by atoms with Gasteiger partial charge < -0.3 is 0 Å². The van der Waals surface area contributed by atoms with E-state index in [1.807, 2.05) is 0 Å². The van der Waals surface area contributed by atoms with Gasteiger partial charge in [-0.1, -0.05) is 77.1 Å². The van der Waals surface area contributed by atoms with Crippen LogP contribution < -0.4 is 0 Å². The molecule has 1 aliphatic rings. The standard InChI is InChI=1S/C13H28Si/c1-10(2)14(11(3)4,12(5)6)9-13-7-8-13/h10-13H,7-9H2,1-6H3. The lowest BCUT2D eigenvalue weighted by Crippen LogP contribution is -2.44. The molecule has 0 heterocycles. The lowest BCUT2D eigenvalue weighted by Gasteiger charge is -2.43. The molecule has 1 rings (SSSR count). The minimum atomic E-state index is -1.03. The Morgan fingerprint density at radius 2 is 1.21 bits per heavy atom. The number of hydrogen-bond acceptors (Lipinski definition) is 0. The van der Waals surface area contributed by atoms with Crippen molar-refractivity contribution in [3.8, 4) is 0 Å². The Morgan fingerprint density at radius 1 is 0.857 bits per heavy atom. The van der Waals surface area contributed by atoms with Crippen LogP contribution in [-0.4, -0.2) is 8.07 Å². The molecule has 0 spiro atoms. The van der Waals surface area contributed by atoms with E-state index in [0.717, 1.165) is 22.5 Å². The van der Waals surface area contributed by atoms with Crippen LogP contribution in [0.15, 0.2) is 0 Å². The fourth-order valence-corrected chi connectivity index (χ4v) is 10.4. The van der Waals surface area contributed by atoms with Crippen molar-refractivity contribution in [2.75, 3.05) is 0 Å². The molecule has 84 valence electrons. The van der Waals surface area contributed by atoms with E-state index in [2.05, 4.69) is 41.5 Å². The highest BCUT2D eigenvalue weighted by Crippen LogP contribution is 2.50. The predicted octanol–water partition coefficient (Wildman–Crippen LogP) is 5.08. The summed E-state index contributed by atoms with van der Waals surface area (Å²) in [6.45, 7) is 14.9. The quantitative estimate of drug-likeness (QED) is 0.558. The van der Waals surface area contributed by atoms with E-state index in [-0.39, 0.29) is 0 Å². The normalized spacial score (nSPS) is 18.6.